The number of hydrogen-bond donors (Lipinski definition) is 2. The molecule has 0 bridgehead atoms. The van der Waals surface area contributed by atoms with Gasteiger partial charge in [0.05, 0.1) is 0 Å². The van der Waals surface area contributed by atoms with Crippen molar-refractivity contribution in [3.63, 3.8) is 0 Å². The van der Waals surface area contributed by atoms with Crippen LogP contribution in [0.3, 0.4) is 0 Å². The largest absolute Gasteiger partial charge is 0.409 e. The molecule has 0 aliphatic carbocycles. The van der Waals surface area contributed by atoms with E-state index in [0.717, 1.165) is 30.8 Å². The van der Waals surface area contributed by atoms with Gasteiger partial charge < -0.3 is 15.8 Å². The van der Waals surface area contributed by atoms with Crippen LogP contribution in [0, 0.1) is 0 Å². The molecule has 0 amide bonds. The van der Waals surface area contributed by atoms with Gasteiger partial charge in [-0.05, 0) is 41.8 Å². The van der Waals surface area contributed by atoms with Crippen LogP contribution in [0.1, 0.15) is 16.7 Å². The van der Waals surface area contributed by atoms with E-state index in [1.54, 1.807) is 0 Å². The highest BCUT2D eigenvalue weighted by molar-refractivity contribution is 5.97. The third-order valence-corrected chi connectivity index (χ3v) is 3.77. The molecule has 0 radical (unpaired) electrons. The third-order valence-electron chi connectivity index (χ3n) is 3.77. The van der Waals surface area contributed by atoms with Gasteiger partial charge in [-0.15, -0.1) is 0 Å². The zero-order valence-electron chi connectivity index (χ0n) is 11.2. The molecule has 1 aliphatic heterocycles. The van der Waals surface area contributed by atoms with Gasteiger partial charge in [0.15, 0.2) is 5.84 Å². The van der Waals surface area contributed by atoms with Crippen LogP contribution in [0.5, 0.6) is 0 Å². The fourth-order valence-corrected chi connectivity index (χ4v) is 2.62. The minimum absolute atomic E-state index is 0.139. The summed E-state index contributed by atoms with van der Waals surface area (Å²) in [5.74, 6) is 0.139. The number of amidine groups is 1. The van der Waals surface area contributed by atoms with Gasteiger partial charge in [-0.3, -0.25) is 0 Å². The molecule has 3 N–H and O–H groups in total. The maximum atomic E-state index is 8.67. The molecule has 1 aliphatic rings. The first-order chi connectivity index (χ1) is 9.78. The van der Waals surface area contributed by atoms with Crippen molar-refractivity contribution in [2.45, 2.75) is 13.0 Å². The maximum Gasteiger partial charge on any atom is 0.170 e. The molecule has 0 saturated heterocycles. The zero-order valence-corrected chi connectivity index (χ0v) is 11.2. The second kappa shape index (κ2) is 5.25. The Morgan fingerprint density at radius 3 is 2.45 bits per heavy atom. The predicted octanol–water partition coefficient (Wildman–Crippen LogP) is 2.34. The van der Waals surface area contributed by atoms with Crippen LogP contribution in [-0.2, 0) is 13.0 Å². The van der Waals surface area contributed by atoms with Gasteiger partial charge in [-0.2, -0.15) is 0 Å². The highest BCUT2D eigenvalue weighted by Gasteiger charge is 2.15. The summed E-state index contributed by atoms with van der Waals surface area (Å²) in [5.41, 5.74) is 10.3. The fraction of sp³-hybridized carbons (Fsp3) is 0.188. The minimum Gasteiger partial charge on any atom is -0.409 e. The van der Waals surface area contributed by atoms with E-state index in [1.165, 1.54) is 11.1 Å². The molecule has 3 rings (SSSR count). The first-order valence-corrected chi connectivity index (χ1v) is 6.67. The monoisotopic (exact) mass is 267 g/mol. The van der Waals surface area contributed by atoms with Crippen LogP contribution in [0.25, 0.3) is 0 Å². The summed E-state index contributed by atoms with van der Waals surface area (Å²) in [6.07, 6.45) is 1.07. The second-order valence-corrected chi connectivity index (χ2v) is 4.97. The van der Waals surface area contributed by atoms with Gasteiger partial charge in [0.2, 0.25) is 0 Å². The van der Waals surface area contributed by atoms with E-state index < -0.39 is 0 Å². The molecule has 0 fully saturated rings. The van der Waals surface area contributed by atoms with Crippen molar-refractivity contribution >= 4 is 11.5 Å². The second-order valence-electron chi connectivity index (χ2n) is 4.97. The number of nitrogens with two attached hydrogens (primary N) is 1. The average molecular weight is 267 g/mol. The topological polar surface area (TPSA) is 61.9 Å². The van der Waals surface area contributed by atoms with Crippen molar-refractivity contribution in [2.75, 3.05) is 11.4 Å². The number of fused-ring (bicyclic) bond motifs is 1. The van der Waals surface area contributed by atoms with Crippen LogP contribution in [0.4, 0.5) is 5.69 Å². The number of hydrogen-bond acceptors (Lipinski definition) is 3. The van der Waals surface area contributed by atoms with Gasteiger partial charge in [0.1, 0.15) is 0 Å². The van der Waals surface area contributed by atoms with Gasteiger partial charge in [0, 0.05) is 24.3 Å². The molecule has 4 nitrogen and oxygen atoms in total. The van der Waals surface area contributed by atoms with Crippen LogP contribution in [0.15, 0.2) is 53.7 Å². The fourth-order valence-electron chi connectivity index (χ4n) is 2.62. The van der Waals surface area contributed by atoms with Crippen molar-refractivity contribution in [1.82, 2.24) is 0 Å². The Kier molecular flexibility index (Phi) is 3.29. The summed E-state index contributed by atoms with van der Waals surface area (Å²) in [6, 6.07) is 16.4. The van der Waals surface area contributed by atoms with Crippen molar-refractivity contribution in [3.05, 3.63) is 65.2 Å². The first kappa shape index (κ1) is 12.5. The molecule has 102 valence electrons. The SMILES string of the molecule is N/C(=N\O)c1ccc(N2CCc3ccccc3C2)cc1. The van der Waals surface area contributed by atoms with Gasteiger partial charge >= 0.3 is 0 Å². The Bertz CT molecular complexity index is 634. The Balaban J connectivity index is 1.81. The van der Waals surface area contributed by atoms with Crippen LogP contribution in [-0.4, -0.2) is 17.6 Å². The molecule has 1 heterocycles. The van der Waals surface area contributed by atoms with Gasteiger partial charge in [0.25, 0.3) is 0 Å². The molecular formula is C16H17N3O. The Morgan fingerprint density at radius 1 is 1.05 bits per heavy atom. The van der Waals surface area contributed by atoms with E-state index in [4.69, 9.17) is 10.9 Å². The van der Waals surface area contributed by atoms with Gasteiger partial charge in [-0.25, -0.2) is 0 Å². The highest BCUT2D eigenvalue weighted by Crippen LogP contribution is 2.24. The molecule has 0 atom stereocenters. The summed E-state index contributed by atoms with van der Waals surface area (Å²) in [7, 11) is 0. The first-order valence-electron chi connectivity index (χ1n) is 6.67. The molecule has 2 aromatic carbocycles. The number of rotatable bonds is 2. The highest BCUT2D eigenvalue weighted by atomic mass is 16.4. The molecule has 0 aromatic heterocycles. The lowest BCUT2D eigenvalue weighted by molar-refractivity contribution is 0.318. The van der Waals surface area contributed by atoms with Crippen molar-refractivity contribution in [1.29, 1.82) is 0 Å². The van der Waals surface area contributed by atoms with E-state index in [-0.39, 0.29) is 5.84 Å². The number of benzene rings is 2. The van der Waals surface area contributed by atoms with Gasteiger partial charge in [-0.1, -0.05) is 29.4 Å². The zero-order chi connectivity index (χ0) is 13.9. The Morgan fingerprint density at radius 2 is 1.75 bits per heavy atom. The molecule has 20 heavy (non-hydrogen) atoms. The Hall–Kier alpha value is -2.49. The quantitative estimate of drug-likeness (QED) is 0.380. The molecule has 0 saturated carbocycles. The van der Waals surface area contributed by atoms with Crippen LogP contribution in [0.2, 0.25) is 0 Å². The molecule has 4 heteroatoms. The lowest BCUT2D eigenvalue weighted by atomic mass is 9.99. The predicted molar refractivity (Wildman–Crippen MR) is 80.1 cm³/mol. The smallest absolute Gasteiger partial charge is 0.170 e. The van der Waals surface area contributed by atoms with E-state index in [9.17, 15) is 0 Å². The minimum atomic E-state index is 0.139. The summed E-state index contributed by atoms with van der Waals surface area (Å²) in [4.78, 5) is 2.35. The average Bonchev–Trinajstić information content (AvgIpc) is 2.54. The van der Waals surface area contributed by atoms with E-state index >= 15 is 0 Å². The number of anilines is 1. The molecular weight excluding hydrogens is 250 g/mol. The molecule has 0 unspecified atom stereocenters. The summed E-state index contributed by atoms with van der Waals surface area (Å²) >= 11 is 0. The lowest BCUT2D eigenvalue weighted by Crippen LogP contribution is -2.30. The van der Waals surface area contributed by atoms with Crippen molar-refractivity contribution in [2.24, 2.45) is 10.9 Å². The molecule has 0 spiro atoms. The maximum absolute atomic E-state index is 8.67. The summed E-state index contributed by atoms with van der Waals surface area (Å²) < 4.78 is 0. The number of oxime groups is 1. The van der Waals surface area contributed by atoms with Crippen molar-refractivity contribution in [3.8, 4) is 0 Å². The Labute approximate surface area is 118 Å². The summed E-state index contributed by atoms with van der Waals surface area (Å²) in [6.45, 7) is 1.94. The normalized spacial score (nSPS) is 15.0. The molecule has 2 aromatic rings. The van der Waals surface area contributed by atoms with E-state index in [0.29, 0.717) is 0 Å². The standard InChI is InChI=1S/C16H17N3O/c17-16(18-20)13-5-7-15(8-6-13)19-10-9-12-3-1-2-4-14(12)11-19/h1-8,20H,9-11H2,(H2,17,18). The van der Waals surface area contributed by atoms with Crippen LogP contribution >= 0.6 is 0 Å². The summed E-state index contributed by atoms with van der Waals surface area (Å²) in [5, 5.41) is 11.7. The van der Waals surface area contributed by atoms with Crippen molar-refractivity contribution < 1.29 is 5.21 Å². The number of nitrogens with zero attached hydrogens (tertiary/aromatic N) is 2. The van der Waals surface area contributed by atoms with E-state index in [1.807, 2.05) is 24.3 Å². The third kappa shape index (κ3) is 2.32. The van der Waals surface area contributed by atoms with E-state index in [2.05, 4.69) is 34.3 Å². The lowest BCUT2D eigenvalue weighted by Gasteiger charge is -2.30. The van der Waals surface area contributed by atoms with Crippen LogP contribution < -0.4 is 10.6 Å².